The summed E-state index contributed by atoms with van der Waals surface area (Å²) in [7, 11) is 0. The number of thiophene rings is 1. The number of nitrogen functional groups attached to an aromatic ring is 1. The molecule has 5 N–H and O–H groups in total. The van der Waals surface area contributed by atoms with Gasteiger partial charge in [0.05, 0.1) is 4.88 Å². The summed E-state index contributed by atoms with van der Waals surface area (Å²) >= 11 is 1.33. The third kappa shape index (κ3) is 3.25. The Morgan fingerprint density at radius 1 is 1.53 bits per heavy atom. The molecule has 0 aliphatic rings. The van der Waals surface area contributed by atoms with Crippen LogP contribution in [0.25, 0.3) is 0 Å². The molecule has 0 saturated carbocycles. The lowest BCUT2D eigenvalue weighted by Gasteiger charge is -2.00. The van der Waals surface area contributed by atoms with Crippen LogP contribution in [0.2, 0.25) is 0 Å². The molecule has 1 aromatic rings. The fourth-order valence-electron chi connectivity index (χ4n) is 0.994. The zero-order valence-electron chi connectivity index (χ0n) is 8.37. The maximum Gasteiger partial charge on any atom is 0.261 e. The lowest BCUT2D eigenvalue weighted by molar-refractivity contribution is -0.117. The summed E-state index contributed by atoms with van der Waals surface area (Å²) in [6.45, 7) is 2.10. The zero-order valence-corrected chi connectivity index (χ0v) is 9.19. The Morgan fingerprint density at radius 3 is 2.67 bits per heavy atom. The number of primary amides is 1. The van der Waals surface area contributed by atoms with Crippen LogP contribution in [-0.2, 0) is 4.79 Å². The van der Waals surface area contributed by atoms with Gasteiger partial charge in [0.25, 0.3) is 5.91 Å². The smallest absolute Gasteiger partial charge is 0.261 e. The minimum Gasteiger partial charge on any atom is -0.398 e. The summed E-state index contributed by atoms with van der Waals surface area (Å²) in [5, 5.41) is 2.59. The molecular weight excluding hydrogens is 214 g/mol. The van der Waals surface area contributed by atoms with Crippen LogP contribution < -0.4 is 16.8 Å². The van der Waals surface area contributed by atoms with Crippen LogP contribution in [0, 0.1) is 6.92 Å². The molecule has 6 heteroatoms. The molecule has 0 atom stereocenters. The molecule has 1 heterocycles. The summed E-state index contributed by atoms with van der Waals surface area (Å²) in [5.41, 5.74) is 11.2. The van der Waals surface area contributed by atoms with E-state index in [2.05, 4.69) is 5.32 Å². The van der Waals surface area contributed by atoms with Crippen molar-refractivity contribution >= 4 is 28.8 Å². The fourth-order valence-corrected chi connectivity index (χ4v) is 1.85. The zero-order chi connectivity index (χ0) is 11.4. The Hall–Kier alpha value is -1.56. The largest absolute Gasteiger partial charge is 0.398 e. The first-order valence-electron chi connectivity index (χ1n) is 4.43. The van der Waals surface area contributed by atoms with E-state index >= 15 is 0 Å². The van der Waals surface area contributed by atoms with E-state index in [0.717, 1.165) is 4.88 Å². The first kappa shape index (κ1) is 11.5. The van der Waals surface area contributed by atoms with E-state index in [-0.39, 0.29) is 18.9 Å². The Labute approximate surface area is 91.4 Å². The molecule has 0 saturated heterocycles. The molecule has 0 aliphatic carbocycles. The van der Waals surface area contributed by atoms with Crippen LogP contribution in [0.4, 0.5) is 5.69 Å². The minimum absolute atomic E-state index is 0.144. The number of nitrogens with one attached hydrogen (secondary N) is 1. The van der Waals surface area contributed by atoms with E-state index < -0.39 is 5.91 Å². The highest BCUT2D eigenvalue weighted by molar-refractivity contribution is 7.14. The lowest BCUT2D eigenvalue weighted by Crippen LogP contribution is -2.27. The Balaban J connectivity index is 2.50. The number of anilines is 1. The molecule has 0 radical (unpaired) electrons. The Morgan fingerprint density at radius 2 is 2.20 bits per heavy atom. The monoisotopic (exact) mass is 227 g/mol. The van der Waals surface area contributed by atoms with E-state index in [1.165, 1.54) is 11.3 Å². The predicted octanol–water partition coefficient (Wildman–Crippen LogP) is 0.244. The SMILES string of the molecule is Cc1sc(C(=O)NCCC(N)=O)cc1N. The van der Waals surface area contributed by atoms with Gasteiger partial charge < -0.3 is 16.8 Å². The summed E-state index contributed by atoms with van der Waals surface area (Å²) in [6, 6.07) is 1.62. The maximum absolute atomic E-state index is 11.5. The number of carbonyl (C=O) groups excluding carboxylic acids is 2. The van der Waals surface area contributed by atoms with E-state index in [4.69, 9.17) is 11.5 Å². The summed E-state index contributed by atoms with van der Waals surface area (Å²) in [5.74, 6) is -0.654. The lowest BCUT2D eigenvalue weighted by atomic mass is 10.3. The number of aryl methyl sites for hydroxylation is 1. The quantitative estimate of drug-likeness (QED) is 0.687. The van der Waals surface area contributed by atoms with Crippen LogP contribution in [-0.4, -0.2) is 18.4 Å². The molecule has 5 nitrogen and oxygen atoms in total. The molecular formula is C9H13N3O2S. The summed E-state index contributed by atoms with van der Waals surface area (Å²) in [6.07, 6.45) is 0.144. The summed E-state index contributed by atoms with van der Waals surface area (Å²) < 4.78 is 0. The van der Waals surface area contributed by atoms with Crippen molar-refractivity contribution in [1.82, 2.24) is 5.32 Å². The van der Waals surface area contributed by atoms with E-state index in [1.54, 1.807) is 6.07 Å². The molecule has 82 valence electrons. The van der Waals surface area contributed by atoms with Crippen molar-refractivity contribution in [3.63, 3.8) is 0 Å². The molecule has 0 aliphatic heterocycles. The van der Waals surface area contributed by atoms with Gasteiger partial charge in [0.15, 0.2) is 0 Å². The van der Waals surface area contributed by atoms with Crippen LogP contribution in [0.1, 0.15) is 21.0 Å². The first-order valence-corrected chi connectivity index (χ1v) is 5.24. The van der Waals surface area contributed by atoms with Crippen molar-refractivity contribution in [2.24, 2.45) is 5.73 Å². The molecule has 2 amide bonds. The van der Waals surface area contributed by atoms with Gasteiger partial charge in [-0.2, -0.15) is 0 Å². The highest BCUT2D eigenvalue weighted by Crippen LogP contribution is 2.22. The van der Waals surface area contributed by atoms with Crippen molar-refractivity contribution in [2.75, 3.05) is 12.3 Å². The van der Waals surface area contributed by atoms with Crippen LogP contribution >= 0.6 is 11.3 Å². The Kier molecular flexibility index (Phi) is 3.68. The molecule has 0 aromatic carbocycles. The topological polar surface area (TPSA) is 98.2 Å². The van der Waals surface area contributed by atoms with Crippen LogP contribution in [0.3, 0.4) is 0 Å². The first-order chi connectivity index (χ1) is 7.00. The number of carbonyl (C=O) groups is 2. The number of hydrogen-bond acceptors (Lipinski definition) is 4. The second-order valence-corrected chi connectivity index (χ2v) is 4.35. The van der Waals surface area contributed by atoms with Gasteiger partial charge in [0.1, 0.15) is 0 Å². The minimum atomic E-state index is -0.433. The molecule has 0 unspecified atom stereocenters. The van der Waals surface area contributed by atoms with Crippen molar-refractivity contribution in [3.05, 3.63) is 15.8 Å². The number of hydrogen-bond donors (Lipinski definition) is 3. The number of amides is 2. The molecule has 0 fully saturated rings. The maximum atomic E-state index is 11.5. The number of nitrogens with two attached hydrogens (primary N) is 2. The molecule has 0 bridgehead atoms. The third-order valence-electron chi connectivity index (χ3n) is 1.84. The third-order valence-corrected chi connectivity index (χ3v) is 2.90. The summed E-state index contributed by atoms with van der Waals surface area (Å²) in [4.78, 5) is 23.4. The van der Waals surface area contributed by atoms with Crippen molar-refractivity contribution in [3.8, 4) is 0 Å². The average molecular weight is 227 g/mol. The van der Waals surface area contributed by atoms with Gasteiger partial charge in [-0.05, 0) is 13.0 Å². The van der Waals surface area contributed by atoms with Gasteiger partial charge in [-0.3, -0.25) is 9.59 Å². The highest BCUT2D eigenvalue weighted by atomic mass is 32.1. The van der Waals surface area contributed by atoms with Gasteiger partial charge in [0, 0.05) is 23.5 Å². The average Bonchev–Trinajstić information content (AvgIpc) is 2.46. The van der Waals surface area contributed by atoms with Crippen molar-refractivity contribution in [2.45, 2.75) is 13.3 Å². The second-order valence-electron chi connectivity index (χ2n) is 3.09. The highest BCUT2D eigenvalue weighted by Gasteiger charge is 2.10. The normalized spacial score (nSPS) is 9.93. The molecule has 1 rings (SSSR count). The second kappa shape index (κ2) is 4.79. The number of rotatable bonds is 4. The molecule has 15 heavy (non-hydrogen) atoms. The van der Waals surface area contributed by atoms with E-state index in [9.17, 15) is 9.59 Å². The fraction of sp³-hybridized carbons (Fsp3) is 0.333. The standard InChI is InChI=1S/C9H13N3O2S/c1-5-6(10)4-7(15-5)9(14)12-3-2-8(11)13/h4H,2-3,10H2,1H3,(H2,11,13)(H,12,14). The van der Waals surface area contributed by atoms with Gasteiger partial charge in [-0.15, -0.1) is 11.3 Å². The molecule has 1 aromatic heterocycles. The van der Waals surface area contributed by atoms with E-state index in [1.807, 2.05) is 6.92 Å². The van der Waals surface area contributed by atoms with Crippen molar-refractivity contribution in [1.29, 1.82) is 0 Å². The molecule has 0 spiro atoms. The predicted molar refractivity (Wildman–Crippen MR) is 59.6 cm³/mol. The van der Waals surface area contributed by atoms with Crippen LogP contribution in [0.15, 0.2) is 6.07 Å². The Bertz CT molecular complexity index is 367. The van der Waals surface area contributed by atoms with Gasteiger partial charge in [0.2, 0.25) is 5.91 Å². The van der Waals surface area contributed by atoms with Gasteiger partial charge >= 0.3 is 0 Å². The van der Waals surface area contributed by atoms with Crippen molar-refractivity contribution < 1.29 is 9.59 Å². The van der Waals surface area contributed by atoms with Gasteiger partial charge in [-0.1, -0.05) is 0 Å². The van der Waals surface area contributed by atoms with Gasteiger partial charge in [-0.25, -0.2) is 0 Å². The van der Waals surface area contributed by atoms with E-state index in [0.29, 0.717) is 10.6 Å². The van der Waals surface area contributed by atoms with Crippen LogP contribution in [0.5, 0.6) is 0 Å².